The van der Waals surface area contributed by atoms with E-state index >= 15 is 0 Å². The Balaban J connectivity index is 1.69. The highest BCUT2D eigenvalue weighted by Gasteiger charge is 2.49. The van der Waals surface area contributed by atoms with Crippen molar-refractivity contribution < 1.29 is 14.4 Å². The maximum atomic E-state index is 13.1. The molecule has 1 unspecified atom stereocenters. The van der Waals surface area contributed by atoms with Crippen molar-refractivity contribution in [2.24, 2.45) is 0 Å². The molecule has 1 N–H and O–H groups in total. The van der Waals surface area contributed by atoms with E-state index in [1.807, 2.05) is 55.5 Å². The van der Waals surface area contributed by atoms with Crippen LogP contribution in [0.3, 0.4) is 0 Å². The number of aryl methyl sites for hydroxylation is 2. The molecule has 158 valence electrons. The van der Waals surface area contributed by atoms with Crippen LogP contribution in [-0.2, 0) is 28.1 Å². The molecule has 3 rings (SSSR count). The monoisotopic (exact) mass is 407 g/mol. The maximum Gasteiger partial charge on any atom is 0.325 e. The van der Waals surface area contributed by atoms with Crippen molar-refractivity contribution >= 4 is 17.8 Å². The number of amides is 4. The summed E-state index contributed by atoms with van der Waals surface area (Å²) in [6.07, 6.45) is 2.00. The predicted octanol–water partition coefficient (Wildman–Crippen LogP) is 3.37. The highest BCUT2D eigenvalue weighted by molar-refractivity contribution is 6.09. The Morgan fingerprint density at radius 1 is 1.03 bits per heavy atom. The van der Waals surface area contributed by atoms with Gasteiger partial charge in [-0.3, -0.25) is 14.5 Å². The van der Waals surface area contributed by atoms with Crippen LogP contribution in [0.5, 0.6) is 0 Å². The van der Waals surface area contributed by atoms with E-state index < -0.39 is 17.5 Å². The molecule has 0 aliphatic carbocycles. The number of carbonyl (C=O) groups is 3. The van der Waals surface area contributed by atoms with Crippen molar-refractivity contribution in [1.82, 2.24) is 15.1 Å². The Bertz CT molecular complexity index is 937. The zero-order valence-electron chi connectivity index (χ0n) is 18.1. The van der Waals surface area contributed by atoms with Crippen LogP contribution in [0.1, 0.15) is 42.5 Å². The number of urea groups is 1. The van der Waals surface area contributed by atoms with Gasteiger partial charge in [0, 0.05) is 13.6 Å². The van der Waals surface area contributed by atoms with E-state index in [9.17, 15) is 14.4 Å². The third-order valence-corrected chi connectivity index (χ3v) is 5.60. The Morgan fingerprint density at radius 2 is 1.63 bits per heavy atom. The van der Waals surface area contributed by atoms with Gasteiger partial charge in [-0.25, -0.2) is 4.79 Å². The Kier molecular flexibility index (Phi) is 6.25. The average Bonchev–Trinajstić information content (AvgIpc) is 2.94. The van der Waals surface area contributed by atoms with Gasteiger partial charge < -0.3 is 10.2 Å². The van der Waals surface area contributed by atoms with Crippen LogP contribution in [0.4, 0.5) is 4.79 Å². The van der Waals surface area contributed by atoms with E-state index in [1.54, 1.807) is 14.0 Å². The number of hydrogen-bond acceptors (Lipinski definition) is 3. The highest BCUT2D eigenvalue weighted by Crippen LogP contribution is 2.29. The second kappa shape index (κ2) is 8.69. The number of nitrogens with zero attached hydrogens (tertiary/aromatic N) is 2. The first kappa shape index (κ1) is 21.6. The Hall–Kier alpha value is -3.15. The molecule has 0 bridgehead atoms. The molecule has 1 saturated heterocycles. The molecule has 4 amide bonds. The minimum absolute atomic E-state index is 0.281. The van der Waals surface area contributed by atoms with Gasteiger partial charge in [-0.15, -0.1) is 0 Å². The zero-order chi connectivity index (χ0) is 21.9. The Labute approximate surface area is 177 Å². The summed E-state index contributed by atoms with van der Waals surface area (Å²) in [7, 11) is 1.67. The van der Waals surface area contributed by atoms with Crippen LogP contribution in [0.25, 0.3) is 0 Å². The third-order valence-electron chi connectivity index (χ3n) is 5.60. The summed E-state index contributed by atoms with van der Waals surface area (Å²) >= 11 is 0. The van der Waals surface area contributed by atoms with Crippen molar-refractivity contribution in [1.29, 1.82) is 0 Å². The fourth-order valence-corrected chi connectivity index (χ4v) is 3.64. The summed E-state index contributed by atoms with van der Waals surface area (Å²) in [6, 6.07) is 15.1. The predicted molar refractivity (Wildman–Crippen MR) is 116 cm³/mol. The van der Waals surface area contributed by atoms with E-state index in [0.717, 1.165) is 28.9 Å². The lowest BCUT2D eigenvalue weighted by atomic mass is 9.91. The maximum absolute atomic E-state index is 13.1. The SMILES string of the molecule is CCCc1ccc(C2(C)NC(=O)N(CC(=O)N(C)Cc3ccc(C)cc3)C2=O)cc1. The van der Waals surface area contributed by atoms with Crippen molar-refractivity contribution in [2.75, 3.05) is 13.6 Å². The molecule has 0 spiro atoms. The minimum Gasteiger partial charge on any atom is -0.340 e. The summed E-state index contributed by atoms with van der Waals surface area (Å²) in [5, 5.41) is 2.76. The van der Waals surface area contributed by atoms with Crippen LogP contribution in [0, 0.1) is 6.92 Å². The van der Waals surface area contributed by atoms with Gasteiger partial charge >= 0.3 is 6.03 Å². The number of carbonyl (C=O) groups excluding carboxylic acids is 3. The molecule has 2 aromatic rings. The molecule has 1 fully saturated rings. The average molecular weight is 408 g/mol. The molecule has 1 heterocycles. The standard InChI is InChI=1S/C24H29N3O3/c1-5-6-18-11-13-20(14-12-18)24(3)22(29)27(23(30)25-24)16-21(28)26(4)15-19-9-7-17(2)8-10-19/h7-14H,5-6,15-16H2,1-4H3,(H,25,30). The van der Waals surface area contributed by atoms with Crippen molar-refractivity contribution in [3.8, 4) is 0 Å². The number of rotatable bonds is 7. The van der Waals surface area contributed by atoms with E-state index in [-0.39, 0.29) is 12.5 Å². The van der Waals surface area contributed by atoms with Gasteiger partial charge in [0.1, 0.15) is 12.1 Å². The molecule has 30 heavy (non-hydrogen) atoms. The number of hydrogen-bond donors (Lipinski definition) is 1. The largest absolute Gasteiger partial charge is 0.340 e. The fourth-order valence-electron chi connectivity index (χ4n) is 3.64. The smallest absolute Gasteiger partial charge is 0.325 e. The van der Waals surface area contributed by atoms with E-state index in [4.69, 9.17) is 0 Å². The normalized spacial score (nSPS) is 18.5. The number of nitrogens with one attached hydrogen (secondary N) is 1. The van der Waals surface area contributed by atoms with E-state index in [2.05, 4.69) is 12.2 Å². The minimum atomic E-state index is -1.17. The van der Waals surface area contributed by atoms with Crippen LogP contribution in [0.15, 0.2) is 48.5 Å². The summed E-state index contributed by atoms with van der Waals surface area (Å²) in [6.45, 7) is 5.93. The number of likely N-dealkylation sites (N-methyl/N-ethyl adjacent to an activating group) is 1. The van der Waals surface area contributed by atoms with Gasteiger partial charge in [0.2, 0.25) is 5.91 Å². The lowest BCUT2D eigenvalue weighted by molar-refractivity contribution is -0.138. The zero-order valence-corrected chi connectivity index (χ0v) is 18.1. The highest BCUT2D eigenvalue weighted by atomic mass is 16.2. The van der Waals surface area contributed by atoms with Crippen molar-refractivity contribution in [3.63, 3.8) is 0 Å². The molecule has 1 aliphatic rings. The van der Waals surface area contributed by atoms with Crippen LogP contribution in [0.2, 0.25) is 0 Å². The lowest BCUT2D eigenvalue weighted by Crippen LogP contribution is -2.43. The second-order valence-corrected chi connectivity index (χ2v) is 8.13. The van der Waals surface area contributed by atoms with E-state index in [0.29, 0.717) is 12.1 Å². The molecule has 6 nitrogen and oxygen atoms in total. The van der Waals surface area contributed by atoms with Crippen LogP contribution < -0.4 is 5.32 Å². The first-order chi connectivity index (χ1) is 14.2. The Morgan fingerprint density at radius 3 is 2.23 bits per heavy atom. The van der Waals surface area contributed by atoms with Crippen molar-refractivity contribution in [3.05, 3.63) is 70.8 Å². The fraction of sp³-hybridized carbons (Fsp3) is 0.375. The quantitative estimate of drug-likeness (QED) is 0.716. The van der Waals surface area contributed by atoms with Crippen LogP contribution >= 0.6 is 0 Å². The molecule has 0 aromatic heterocycles. The van der Waals surface area contributed by atoms with Crippen molar-refractivity contribution in [2.45, 2.75) is 45.7 Å². The summed E-state index contributed by atoms with van der Waals surface area (Å²) < 4.78 is 0. The third kappa shape index (κ3) is 4.37. The lowest BCUT2D eigenvalue weighted by Gasteiger charge is -2.23. The van der Waals surface area contributed by atoms with Gasteiger partial charge in [-0.2, -0.15) is 0 Å². The van der Waals surface area contributed by atoms with Gasteiger partial charge in [0.05, 0.1) is 0 Å². The van der Waals surface area contributed by atoms with Gasteiger partial charge in [-0.05, 0) is 37.0 Å². The molecule has 0 radical (unpaired) electrons. The van der Waals surface area contributed by atoms with E-state index in [1.165, 1.54) is 10.5 Å². The van der Waals surface area contributed by atoms with Gasteiger partial charge in [0.15, 0.2) is 0 Å². The van der Waals surface area contributed by atoms with Crippen LogP contribution in [-0.4, -0.2) is 41.2 Å². The summed E-state index contributed by atoms with van der Waals surface area (Å²) in [4.78, 5) is 40.8. The molecular weight excluding hydrogens is 378 g/mol. The number of benzene rings is 2. The summed E-state index contributed by atoms with van der Waals surface area (Å²) in [5.41, 5.74) is 2.87. The van der Waals surface area contributed by atoms with Gasteiger partial charge in [0.25, 0.3) is 5.91 Å². The van der Waals surface area contributed by atoms with Gasteiger partial charge in [-0.1, -0.05) is 67.4 Å². The summed E-state index contributed by atoms with van der Waals surface area (Å²) in [5.74, 6) is -0.700. The topological polar surface area (TPSA) is 69.7 Å². The second-order valence-electron chi connectivity index (χ2n) is 8.13. The molecular formula is C24H29N3O3. The first-order valence-electron chi connectivity index (χ1n) is 10.3. The molecule has 0 saturated carbocycles. The molecule has 6 heteroatoms. The molecule has 2 aromatic carbocycles. The molecule has 1 atom stereocenters. The first-order valence-corrected chi connectivity index (χ1v) is 10.3. The number of imide groups is 1. The molecule has 1 aliphatic heterocycles.